The minimum Gasteiger partial charge on any atom is -0.299 e. The largest absolute Gasteiger partial charge is 0.299 e. The maximum Gasteiger partial charge on any atom is 0.0382 e. The normalized spacial score (nSPS) is 27.3. The minimum absolute atomic E-state index is 0.603. The maximum atomic E-state index is 6.02. The van der Waals surface area contributed by atoms with Gasteiger partial charge in [0.25, 0.3) is 0 Å². The van der Waals surface area contributed by atoms with Gasteiger partial charge >= 0.3 is 0 Å². The van der Waals surface area contributed by atoms with E-state index in [1.165, 1.54) is 30.8 Å². The summed E-state index contributed by atoms with van der Waals surface area (Å²) in [5.74, 6) is 1.55. The summed E-state index contributed by atoms with van der Waals surface area (Å²) in [6, 6.07) is 4.96. The molecule has 0 amide bonds. The van der Waals surface area contributed by atoms with Gasteiger partial charge in [0.15, 0.2) is 0 Å². The van der Waals surface area contributed by atoms with E-state index in [1.807, 2.05) is 11.3 Å². The van der Waals surface area contributed by atoms with E-state index < -0.39 is 0 Å². The topological polar surface area (TPSA) is 3.24 Å². The molecule has 2 heterocycles. The molecule has 0 bridgehead atoms. The van der Waals surface area contributed by atoms with E-state index in [-0.39, 0.29) is 0 Å². The van der Waals surface area contributed by atoms with E-state index in [1.54, 1.807) is 0 Å². The highest BCUT2D eigenvalue weighted by Crippen LogP contribution is 2.25. The molecule has 3 heteroatoms. The van der Waals surface area contributed by atoms with Gasteiger partial charge in [-0.05, 0) is 36.8 Å². The van der Waals surface area contributed by atoms with Crippen molar-refractivity contribution in [2.45, 2.75) is 25.8 Å². The standard InChI is InChI=1S/C12H18ClNS/c1-10-4-6-14(12(10)9-13)7-5-11-3-2-8-15-11/h2-3,8,10,12H,4-7,9H2,1H3. The van der Waals surface area contributed by atoms with Crippen molar-refractivity contribution in [2.24, 2.45) is 5.92 Å². The van der Waals surface area contributed by atoms with Crippen LogP contribution in [0.4, 0.5) is 0 Å². The summed E-state index contributed by atoms with van der Waals surface area (Å²) in [5.41, 5.74) is 0. The van der Waals surface area contributed by atoms with E-state index in [9.17, 15) is 0 Å². The molecular weight excluding hydrogens is 226 g/mol. The van der Waals surface area contributed by atoms with Crippen LogP contribution in [0.3, 0.4) is 0 Å². The summed E-state index contributed by atoms with van der Waals surface area (Å²) in [5, 5.41) is 2.15. The smallest absolute Gasteiger partial charge is 0.0382 e. The van der Waals surface area contributed by atoms with Crippen molar-refractivity contribution in [2.75, 3.05) is 19.0 Å². The first kappa shape index (κ1) is 11.4. The maximum absolute atomic E-state index is 6.02. The van der Waals surface area contributed by atoms with Gasteiger partial charge in [0, 0.05) is 23.3 Å². The lowest BCUT2D eigenvalue weighted by Gasteiger charge is -2.24. The summed E-state index contributed by atoms with van der Waals surface area (Å²) in [6.07, 6.45) is 2.49. The van der Waals surface area contributed by atoms with Gasteiger partial charge in [0.1, 0.15) is 0 Å². The first-order chi connectivity index (χ1) is 7.31. The number of hydrogen-bond donors (Lipinski definition) is 0. The van der Waals surface area contributed by atoms with Crippen molar-refractivity contribution in [1.82, 2.24) is 4.90 Å². The van der Waals surface area contributed by atoms with Gasteiger partial charge in [-0.15, -0.1) is 22.9 Å². The highest BCUT2D eigenvalue weighted by molar-refractivity contribution is 7.09. The Morgan fingerprint density at radius 1 is 1.60 bits per heavy atom. The highest BCUT2D eigenvalue weighted by Gasteiger charge is 2.29. The first-order valence-electron chi connectivity index (χ1n) is 5.63. The van der Waals surface area contributed by atoms with Crippen LogP contribution in [-0.2, 0) is 6.42 Å². The fourth-order valence-corrected chi connectivity index (χ4v) is 3.52. The second-order valence-electron chi connectivity index (χ2n) is 4.35. The van der Waals surface area contributed by atoms with Crippen molar-refractivity contribution in [1.29, 1.82) is 0 Å². The average molecular weight is 244 g/mol. The quantitative estimate of drug-likeness (QED) is 0.734. The predicted octanol–water partition coefficient (Wildman–Crippen LogP) is 3.24. The molecule has 1 aliphatic heterocycles. The van der Waals surface area contributed by atoms with Crippen LogP contribution in [0.5, 0.6) is 0 Å². The Labute approximate surface area is 101 Å². The third kappa shape index (κ3) is 2.74. The number of hydrogen-bond acceptors (Lipinski definition) is 2. The summed E-state index contributed by atoms with van der Waals surface area (Å²) >= 11 is 7.88. The van der Waals surface area contributed by atoms with Crippen LogP contribution in [0.25, 0.3) is 0 Å². The minimum atomic E-state index is 0.603. The van der Waals surface area contributed by atoms with Crippen molar-refractivity contribution >= 4 is 22.9 Å². The zero-order chi connectivity index (χ0) is 10.7. The second kappa shape index (κ2) is 5.33. The number of nitrogens with zero attached hydrogens (tertiary/aromatic N) is 1. The van der Waals surface area contributed by atoms with Crippen LogP contribution in [0.1, 0.15) is 18.2 Å². The number of halogens is 1. The molecule has 84 valence electrons. The van der Waals surface area contributed by atoms with Crippen molar-refractivity contribution in [3.63, 3.8) is 0 Å². The molecule has 1 saturated heterocycles. The van der Waals surface area contributed by atoms with E-state index in [0.29, 0.717) is 6.04 Å². The van der Waals surface area contributed by atoms with E-state index in [4.69, 9.17) is 11.6 Å². The van der Waals surface area contributed by atoms with E-state index >= 15 is 0 Å². The van der Waals surface area contributed by atoms with E-state index in [0.717, 1.165) is 11.8 Å². The molecule has 15 heavy (non-hydrogen) atoms. The number of thiophene rings is 1. The molecule has 2 atom stereocenters. The molecule has 0 N–H and O–H groups in total. The van der Waals surface area contributed by atoms with Crippen LogP contribution >= 0.6 is 22.9 Å². The number of rotatable bonds is 4. The second-order valence-corrected chi connectivity index (χ2v) is 5.69. The Bertz CT molecular complexity index is 286. The summed E-state index contributed by atoms with van der Waals surface area (Å²) in [4.78, 5) is 4.04. The molecular formula is C12H18ClNS. The van der Waals surface area contributed by atoms with Crippen LogP contribution in [0.15, 0.2) is 17.5 Å². The third-order valence-electron chi connectivity index (χ3n) is 3.38. The molecule has 0 spiro atoms. The SMILES string of the molecule is CC1CCN(CCc2cccs2)C1CCl. The molecule has 0 saturated carbocycles. The lowest BCUT2D eigenvalue weighted by molar-refractivity contribution is 0.254. The molecule has 2 rings (SSSR count). The van der Waals surface area contributed by atoms with E-state index in [2.05, 4.69) is 29.3 Å². The van der Waals surface area contributed by atoms with Gasteiger partial charge < -0.3 is 0 Å². The van der Waals surface area contributed by atoms with Crippen molar-refractivity contribution in [3.05, 3.63) is 22.4 Å². The van der Waals surface area contributed by atoms with Crippen molar-refractivity contribution in [3.8, 4) is 0 Å². The monoisotopic (exact) mass is 243 g/mol. The van der Waals surface area contributed by atoms with Crippen LogP contribution in [0, 0.1) is 5.92 Å². The molecule has 1 fully saturated rings. The Hall–Kier alpha value is -0.0500. The summed E-state index contributed by atoms with van der Waals surface area (Å²) in [7, 11) is 0. The average Bonchev–Trinajstić information content (AvgIpc) is 2.84. The third-order valence-corrected chi connectivity index (χ3v) is 4.63. The molecule has 1 aromatic heterocycles. The van der Waals surface area contributed by atoms with Gasteiger partial charge in [-0.1, -0.05) is 13.0 Å². The van der Waals surface area contributed by atoms with Crippen LogP contribution in [0.2, 0.25) is 0 Å². The molecule has 1 nitrogen and oxygen atoms in total. The molecule has 1 aliphatic rings. The van der Waals surface area contributed by atoms with Crippen molar-refractivity contribution < 1.29 is 0 Å². The molecule has 0 aromatic carbocycles. The molecule has 1 aromatic rings. The molecule has 2 unspecified atom stereocenters. The summed E-state index contributed by atoms with van der Waals surface area (Å²) < 4.78 is 0. The first-order valence-corrected chi connectivity index (χ1v) is 7.05. The molecule has 0 aliphatic carbocycles. The van der Waals surface area contributed by atoms with Crippen LogP contribution < -0.4 is 0 Å². The van der Waals surface area contributed by atoms with Gasteiger partial charge in [-0.2, -0.15) is 0 Å². The Kier molecular flexibility index (Phi) is 4.06. The zero-order valence-corrected chi connectivity index (χ0v) is 10.7. The number of alkyl halides is 1. The fourth-order valence-electron chi connectivity index (χ4n) is 2.32. The van der Waals surface area contributed by atoms with Gasteiger partial charge in [-0.25, -0.2) is 0 Å². The zero-order valence-electron chi connectivity index (χ0n) is 9.16. The Morgan fingerprint density at radius 2 is 2.47 bits per heavy atom. The van der Waals surface area contributed by atoms with Gasteiger partial charge in [-0.3, -0.25) is 4.90 Å². The predicted molar refractivity (Wildman–Crippen MR) is 67.9 cm³/mol. The van der Waals surface area contributed by atoms with Crippen LogP contribution in [-0.4, -0.2) is 29.9 Å². The molecule has 0 radical (unpaired) electrons. The fraction of sp³-hybridized carbons (Fsp3) is 0.667. The highest BCUT2D eigenvalue weighted by atomic mass is 35.5. The Morgan fingerprint density at radius 3 is 3.13 bits per heavy atom. The lowest BCUT2D eigenvalue weighted by Crippen LogP contribution is -2.35. The lowest BCUT2D eigenvalue weighted by atomic mass is 10.1. The number of likely N-dealkylation sites (tertiary alicyclic amines) is 1. The van der Waals surface area contributed by atoms with Gasteiger partial charge in [0.05, 0.1) is 0 Å². The Balaban J connectivity index is 1.84. The van der Waals surface area contributed by atoms with Gasteiger partial charge in [0.2, 0.25) is 0 Å². The summed E-state index contributed by atoms with van der Waals surface area (Å²) in [6.45, 7) is 4.71.